The zero-order valence-corrected chi connectivity index (χ0v) is 30.2. The van der Waals surface area contributed by atoms with Crippen molar-refractivity contribution in [3.05, 3.63) is 66.2 Å². The molecule has 4 aliphatic heterocycles. The van der Waals surface area contributed by atoms with Crippen LogP contribution in [0.4, 0.5) is 17.3 Å². The highest BCUT2D eigenvalue weighted by atomic mass is 16.5. The molecule has 1 spiro atoms. The first-order chi connectivity index (χ1) is 25.5. The number of hydrogen-bond donors (Lipinski definition) is 1. The standard InChI is InChI=1S/C39H47N9O4/c1-25-13-16-47(31-12-9-28(20-30(25)31)36-41-24-52-45-36)38-35-37(48(44-38)34-6-4-5-19-51-34)43-33(21-40-35)46-17-14-39(15-18-46)23-50-22-32(39)42-26(2)27-7-10-29(49-3)11-8-27/h7-12,20-21,24-26,32,34,42H,4-6,13-19,22-23H2,1-3H3/t25-,26+,32+,34?/m0/s1. The first-order valence-electron chi connectivity index (χ1n) is 18.8. The molecule has 1 unspecified atom stereocenters. The van der Waals surface area contributed by atoms with Gasteiger partial charge in [0, 0.05) is 55.0 Å². The zero-order valence-electron chi connectivity index (χ0n) is 30.2. The molecule has 13 nitrogen and oxygen atoms in total. The molecule has 4 aliphatic rings. The Morgan fingerprint density at radius 2 is 1.88 bits per heavy atom. The fourth-order valence-electron chi connectivity index (χ4n) is 8.63. The maximum absolute atomic E-state index is 6.30. The highest BCUT2D eigenvalue weighted by molar-refractivity contribution is 5.89. The minimum absolute atomic E-state index is 0.0854. The molecule has 5 aromatic rings. The van der Waals surface area contributed by atoms with Crippen LogP contribution in [0.2, 0.25) is 0 Å². The number of piperidine rings is 1. The van der Waals surface area contributed by atoms with Crippen LogP contribution in [0.25, 0.3) is 22.6 Å². The molecule has 52 heavy (non-hydrogen) atoms. The van der Waals surface area contributed by atoms with Crippen molar-refractivity contribution in [2.75, 3.05) is 56.4 Å². The van der Waals surface area contributed by atoms with Gasteiger partial charge in [-0.2, -0.15) is 4.98 Å². The van der Waals surface area contributed by atoms with Crippen molar-refractivity contribution in [1.29, 1.82) is 0 Å². The summed E-state index contributed by atoms with van der Waals surface area (Å²) in [6.07, 6.45) is 9.22. The van der Waals surface area contributed by atoms with Crippen molar-refractivity contribution in [1.82, 2.24) is 35.2 Å². The van der Waals surface area contributed by atoms with Crippen molar-refractivity contribution in [3.63, 3.8) is 0 Å². The Balaban J connectivity index is 0.983. The summed E-state index contributed by atoms with van der Waals surface area (Å²) in [5.74, 6) is 3.55. The molecule has 4 atom stereocenters. The number of aromatic nitrogens is 6. The predicted octanol–water partition coefficient (Wildman–Crippen LogP) is 6.57. The smallest absolute Gasteiger partial charge is 0.214 e. The summed E-state index contributed by atoms with van der Waals surface area (Å²) in [5, 5.41) is 13.2. The van der Waals surface area contributed by atoms with E-state index in [0.29, 0.717) is 11.7 Å². The van der Waals surface area contributed by atoms with Crippen molar-refractivity contribution in [2.45, 2.75) is 76.6 Å². The highest BCUT2D eigenvalue weighted by Crippen LogP contribution is 2.44. The van der Waals surface area contributed by atoms with Crippen molar-refractivity contribution >= 4 is 28.5 Å². The first kappa shape index (κ1) is 33.3. The summed E-state index contributed by atoms with van der Waals surface area (Å²) < 4.78 is 24.9. The summed E-state index contributed by atoms with van der Waals surface area (Å²) >= 11 is 0. The fraction of sp³-hybridized carbons (Fsp3) is 0.513. The summed E-state index contributed by atoms with van der Waals surface area (Å²) in [6, 6.07) is 15.2. The lowest BCUT2D eigenvalue weighted by Crippen LogP contribution is -2.51. The fourth-order valence-corrected chi connectivity index (χ4v) is 8.63. The topological polar surface area (TPSA) is 129 Å². The van der Waals surface area contributed by atoms with E-state index in [0.717, 1.165) is 118 Å². The number of anilines is 3. The van der Waals surface area contributed by atoms with Gasteiger partial charge in [0.1, 0.15) is 11.6 Å². The van der Waals surface area contributed by atoms with Crippen LogP contribution in [-0.2, 0) is 9.47 Å². The molecular formula is C39H47N9O4. The predicted molar refractivity (Wildman–Crippen MR) is 197 cm³/mol. The third kappa shape index (κ3) is 5.98. The molecule has 13 heteroatoms. The van der Waals surface area contributed by atoms with E-state index < -0.39 is 0 Å². The van der Waals surface area contributed by atoms with Gasteiger partial charge < -0.3 is 33.9 Å². The van der Waals surface area contributed by atoms with Gasteiger partial charge in [-0.05, 0) is 92.8 Å². The number of nitrogens with zero attached hydrogens (tertiary/aromatic N) is 8. The average Bonchev–Trinajstić information content (AvgIpc) is 3.96. The average molecular weight is 706 g/mol. The van der Waals surface area contributed by atoms with E-state index in [1.54, 1.807) is 7.11 Å². The van der Waals surface area contributed by atoms with Gasteiger partial charge in [-0.1, -0.05) is 24.2 Å². The number of benzene rings is 2. The minimum atomic E-state index is -0.168. The van der Waals surface area contributed by atoms with E-state index in [4.69, 9.17) is 33.8 Å². The van der Waals surface area contributed by atoms with Gasteiger partial charge in [0.25, 0.3) is 0 Å². The van der Waals surface area contributed by atoms with Crippen molar-refractivity contribution < 1.29 is 18.7 Å². The molecule has 0 aliphatic carbocycles. The number of ether oxygens (including phenoxy) is 3. The molecule has 9 rings (SSSR count). The van der Waals surface area contributed by atoms with E-state index in [2.05, 4.69) is 69.4 Å². The van der Waals surface area contributed by atoms with Gasteiger partial charge in [-0.15, -0.1) is 5.10 Å². The Morgan fingerprint density at radius 3 is 2.65 bits per heavy atom. The summed E-state index contributed by atoms with van der Waals surface area (Å²) in [7, 11) is 1.70. The van der Waals surface area contributed by atoms with Crippen LogP contribution in [0, 0.1) is 5.41 Å². The lowest BCUT2D eigenvalue weighted by molar-refractivity contribution is -0.0368. The van der Waals surface area contributed by atoms with Crippen LogP contribution < -0.4 is 19.9 Å². The molecule has 3 fully saturated rings. The SMILES string of the molecule is COc1ccc([C@@H](C)N[C@@H]2COCC23CCN(c2cnc4c(N5CC[C@H](C)c6cc(-c7ncon7)ccc65)nn(C5CCCCO5)c4n2)CC3)cc1. The Labute approximate surface area is 303 Å². The number of methoxy groups -OCH3 is 1. The van der Waals surface area contributed by atoms with Gasteiger partial charge in [-0.25, -0.2) is 14.6 Å². The van der Waals surface area contributed by atoms with Crippen molar-refractivity contribution in [3.8, 4) is 17.1 Å². The van der Waals surface area contributed by atoms with Gasteiger partial charge in [-0.3, -0.25) is 0 Å². The third-order valence-electron chi connectivity index (χ3n) is 11.9. The van der Waals surface area contributed by atoms with Gasteiger partial charge in [0.05, 0.1) is 26.5 Å². The maximum atomic E-state index is 6.30. The molecule has 7 heterocycles. The summed E-state index contributed by atoms with van der Waals surface area (Å²) in [6.45, 7) is 9.35. The van der Waals surface area contributed by atoms with Gasteiger partial charge >= 0.3 is 0 Å². The second kappa shape index (κ2) is 13.8. The van der Waals surface area contributed by atoms with Crippen molar-refractivity contribution in [2.24, 2.45) is 5.41 Å². The monoisotopic (exact) mass is 705 g/mol. The molecular weight excluding hydrogens is 658 g/mol. The van der Waals surface area contributed by atoms with Gasteiger partial charge in [0.15, 0.2) is 23.2 Å². The minimum Gasteiger partial charge on any atom is -0.497 e. The Kier molecular flexibility index (Phi) is 8.80. The second-order valence-electron chi connectivity index (χ2n) is 14.9. The van der Waals surface area contributed by atoms with E-state index in [-0.39, 0.29) is 23.7 Å². The number of fused-ring (bicyclic) bond motifs is 2. The van der Waals surface area contributed by atoms with E-state index >= 15 is 0 Å². The molecule has 1 N–H and O–H groups in total. The van der Waals surface area contributed by atoms with Gasteiger partial charge in [0.2, 0.25) is 12.2 Å². The Hall–Kier alpha value is -4.59. The zero-order chi connectivity index (χ0) is 35.2. The molecule has 272 valence electrons. The second-order valence-corrected chi connectivity index (χ2v) is 14.9. The van der Waals surface area contributed by atoms with E-state index in [1.807, 2.05) is 23.0 Å². The Morgan fingerprint density at radius 1 is 1.02 bits per heavy atom. The molecule has 0 radical (unpaired) electrons. The van der Waals surface area contributed by atoms with E-state index in [9.17, 15) is 0 Å². The third-order valence-corrected chi connectivity index (χ3v) is 11.9. The molecule has 0 amide bonds. The molecule has 3 aromatic heterocycles. The quantitative estimate of drug-likeness (QED) is 0.188. The molecule has 0 bridgehead atoms. The van der Waals surface area contributed by atoms with Crippen LogP contribution in [0.5, 0.6) is 5.75 Å². The van der Waals surface area contributed by atoms with Crippen LogP contribution in [0.15, 0.2) is 59.6 Å². The number of rotatable bonds is 8. The summed E-state index contributed by atoms with van der Waals surface area (Å²) in [4.78, 5) is 19.4. The van der Waals surface area contributed by atoms with E-state index in [1.165, 1.54) is 17.5 Å². The number of hydrogen-bond acceptors (Lipinski definition) is 12. The first-order valence-corrected chi connectivity index (χ1v) is 18.8. The highest BCUT2D eigenvalue weighted by Gasteiger charge is 2.46. The normalized spacial score (nSPS) is 23.6. The van der Waals surface area contributed by atoms with Crippen LogP contribution in [-0.4, -0.2) is 82.5 Å². The maximum Gasteiger partial charge on any atom is 0.214 e. The molecule has 0 saturated carbocycles. The largest absolute Gasteiger partial charge is 0.497 e. The molecule has 3 saturated heterocycles. The Bertz CT molecular complexity index is 2000. The van der Waals surface area contributed by atoms with Crippen LogP contribution in [0.1, 0.15) is 81.7 Å². The van der Waals surface area contributed by atoms with Crippen LogP contribution in [0.3, 0.4) is 0 Å². The number of nitrogens with one attached hydrogen (secondary N) is 1. The van der Waals surface area contributed by atoms with Crippen LogP contribution >= 0.6 is 0 Å². The lowest BCUT2D eigenvalue weighted by Gasteiger charge is -2.43. The molecule has 2 aromatic carbocycles. The summed E-state index contributed by atoms with van der Waals surface area (Å²) in [5.41, 5.74) is 6.21. The lowest BCUT2D eigenvalue weighted by atomic mass is 9.74.